The van der Waals surface area contributed by atoms with Gasteiger partial charge in [0.2, 0.25) is 0 Å². The van der Waals surface area contributed by atoms with Gasteiger partial charge in [0, 0.05) is 35.9 Å². The van der Waals surface area contributed by atoms with Gasteiger partial charge in [-0.3, -0.25) is 0 Å². The molecule has 0 aliphatic heterocycles. The Labute approximate surface area is 178 Å². The molecule has 6 heteroatoms. The molecule has 2 aromatic rings. The summed E-state index contributed by atoms with van der Waals surface area (Å²) in [6.45, 7) is 6.22. The third kappa shape index (κ3) is 11.1. The quantitative estimate of drug-likeness (QED) is 0.265. The summed E-state index contributed by atoms with van der Waals surface area (Å²) in [7, 11) is 2.24. The van der Waals surface area contributed by atoms with E-state index in [4.69, 9.17) is 5.73 Å². The van der Waals surface area contributed by atoms with Crippen LogP contribution in [0, 0.1) is 0 Å². The number of hydrogen-bond acceptors (Lipinski definition) is 4. The molecule has 0 fully saturated rings. The van der Waals surface area contributed by atoms with Crippen molar-refractivity contribution in [3.8, 4) is 0 Å². The molecule has 0 heterocycles. The van der Waals surface area contributed by atoms with Crippen molar-refractivity contribution in [3.63, 3.8) is 0 Å². The predicted octanol–water partition coefficient (Wildman–Crippen LogP) is 6.33. The van der Waals surface area contributed by atoms with E-state index in [0.717, 1.165) is 27.8 Å². The van der Waals surface area contributed by atoms with Crippen LogP contribution in [-0.2, 0) is 15.7 Å². The van der Waals surface area contributed by atoms with E-state index in [-0.39, 0.29) is 0 Å². The topological polar surface area (TPSA) is 64.4 Å². The average molecular weight is 427 g/mol. The summed E-state index contributed by atoms with van der Waals surface area (Å²) in [6, 6.07) is 12.0. The summed E-state index contributed by atoms with van der Waals surface area (Å²) in [5.74, 6) is 0.708. The lowest BCUT2D eigenvalue weighted by molar-refractivity contribution is 0.277. The van der Waals surface area contributed by atoms with E-state index in [1.165, 1.54) is 44.1 Å². The first-order chi connectivity index (χ1) is 13.6. The highest BCUT2D eigenvalue weighted by Gasteiger charge is 2.07. The van der Waals surface area contributed by atoms with Gasteiger partial charge in [0.05, 0.1) is 0 Å². The van der Waals surface area contributed by atoms with Crippen LogP contribution in [0.3, 0.4) is 0 Å². The predicted molar refractivity (Wildman–Crippen MR) is 128 cm³/mol. The summed E-state index contributed by atoms with van der Waals surface area (Å²) in [4.78, 5) is 1.02. The fourth-order valence-corrected chi connectivity index (χ4v) is 4.58. The normalized spacial score (nSPS) is 11.2. The number of hydrogen-bond donors (Lipinski definition) is 2. The number of rotatable bonds is 10. The number of unbranched alkanes of at least 4 members (excludes halogenated alkanes) is 5. The van der Waals surface area contributed by atoms with Crippen LogP contribution in [0.1, 0.15) is 59.3 Å². The molecule has 160 valence electrons. The molecular formula is C22H38N2O2S2. The third-order valence-corrected chi connectivity index (χ3v) is 6.12. The second kappa shape index (κ2) is 18.0. The zero-order valence-corrected chi connectivity index (χ0v) is 19.8. The summed E-state index contributed by atoms with van der Waals surface area (Å²) < 4.78 is 19.4. The molecule has 3 N–H and O–H groups in total. The zero-order valence-electron chi connectivity index (χ0n) is 18.1. The Bertz CT molecular complexity index is 661. The van der Waals surface area contributed by atoms with E-state index < -0.39 is 11.0 Å². The number of nitrogen functional groups attached to an aromatic ring is 1. The van der Waals surface area contributed by atoms with Crippen molar-refractivity contribution in [2.45, 2.75) is 64.2 Å². The van der Waals surface area contributed by atoms with Crippen molar-refractivity contribution in [3.05, 3.63) is 36.4 Å². The minimum atomic E-state index is -1.01. The first-order valence-electron chi connectivity index (χ1n) is 10.1. The monoisotopic (exact) mass is 426 g/mol. The maximum Gasteiger partial charge on any atom is 0.102 e. The summed E-state index contributed by atoms with van der Waals surface area (Å²) in [5, 5.41) is 2.14. The molecule has 28 heavy (non-hydrogen) atoms. The second-order valence-electron chi connectivity index (χ2n) is 6.11. The Morgan fingerprint density at radius 3 is 2.21 bits per heavy atom. The molecule has 2 aromatic carbocycles. The highest BCUT2D eigenvalue weighted by Crippen LogP contribution is 2.30. The molecule has 0 aromatic heterocycles. The highest BCUT2D eigenvalue weighted by molar-refractivity contribution is 8.07. The summed E-state index contributed by atoms with van der Waals surface area (Å²) in [5.41, 5.74) is 6.84. The first-order valence-corrected chi connectivity index (χ1v) is 12.3. The first kappa shape index (κ1) is 26.9. The lowest BCUT2D eigenvalue weighted by Crippen LogP contribution is -2.12. The maximum atomic E-state index is 12.1. The molecular weight excluding hydrogens is 388 g/mol. The molecule has 2 rings (SSSR count). The second-order valence-corrected chi connectivity index (χ2v) is 8.52. The van der Waals surface area contributed by atoms with Crippen LogP contribution in [0.25, 0.3) is 10.8 Å². The van der Waals surface area contributed by atoms with Crippen LogP contribution >= 0.6 is 11.9 Å². The number of benzene rings is 2. The number of methoxy groups -OCH3 is 1. The van der Waals surface area contributed by atoms with E-state index in [1.54, 1.807) is 14.2 Å². The van der Waals surface area contributed by atoms with Crippen LogP contribution in [-0.4, -0.2) is 24.2 Å². The van der Waals surface area contributed by atoms with Gasteiger partial charge >= 0.3 is 0 Å². The van der Waals surface area contributed by atoms with E-state index in [9.17, 15) is 4.21 Å². The summed E-state index contributed by atoms with van der Waals surface area (Å²) in [6.07, 6.45) is 7.29. The molecule has 0 saturated heterocycles. The fourth-order valence-electron chi connectivity index (χ4n) is 2.57. The Kier molecular flexibility index (Phi) is 17.3. The van der Waals surface area contributed by atoms with Crippen LogP contribution < -0.4 is 9.86 Å². The lowest BCUT2D eigenvalue weighted by atomic mass is 10.1. The van der Waals surface area contributed by atoms with Crippen LogP contribution in [0.15, 0.2) is 41.3 Å². The molecule has 0 radical (unpaired) electrons. The van der Waals surface area contributed by atoms with Crippen molar-refractivity contribution >= 4 is 39.4 Å². The standard InChI is InChI=1S/C18H26N2OS2.C2H6O.C2H6/c1-2-3-4-5-6-7-14-23(21)20-22-17-13-9-11-15-10-8-12-16(19)18(15)17;1-3-2;1-2/h8-13,20H,2-7,14,19H2,1H3;1-2H3;1-2H3. The minimum absolute atomic E-state index is 0.708. The van der Waals surface area contributed by atoms with E-state index in [0.29, 0.717) is 5.75 Å². The molecule has 0 spiro atoms. The molecule has 4 nitrogen and oxygen atoms in total. The van der Waals surface area contributed by atoms with Crippen LogP contribution in [0.4, 0.5) is 5.69 Å². The Morgan fingerprint density at radius 2 is 1.57 bits per heavy atom. The van der Waals surface area contributed by atoms with Crippen LogP contribution in [0.2, 0.25) is 0 Å². The molecule has 0 aliphatic carbocycles. The number of nitrogens with two attached hydrogens (primary N) is 1. The largest absolute Gasteiger partial charge is 0.398 e. The minimum Gasteiger partial charge on any atom is -0.398 e. The number of nitrogens with one attached hydrogen (secondary N) is 1. The van der Waals surface area contributed by atoms with Gasteiger partial charge in [-0.15, -0.1) is 0 Å². The Balaban J connectivity index is 0.00000133. The fraction of sp³-hybridized carbons (Fsp3) is 0.545. The third-order valence-electron chi connectivity index (χ3n) is 3.83. The van der Waals surface area contributed by atoms with Gasteiger partial charge in [-0.2, -0.15) is 4.13 Å². The zero-order chi connectivity index (χ0) is 21.2. The van der Waals surface area contributed by atoms with E-state index >= 15 is 0 Å². The smallest absolute Gasteiger partial charge is 0.102 e. The number of anilines is 1. The van der Waals surface area contributed by atoms with E-state index in [2.05, 4.69) is 15.8 Å². The van der Waals surface area contributed by atoms with Gasteiger partial charge in [-0.05, 0) is 35.9 Å². The van der Waals surface area contributed by atoms with Gasteiger partial charge in [0.15, 0.2) is 0 Å². The Hall–Kier alpha value is -1.08. The number of ether oxygens (including phenoxy) is 1. The van der Waals surface area contributed by atoms with Crippen molar-refractivity contribution in [2.75, 3.05) is 25.7 Å². The molecule has 0 saturated carbocycles. The molecule has 0 bridgehead atoms. The van der Waals surface area contributed by atoms with Crippen LogP contribution in [0.5, 0.6) is 0 Å². The summed E-state index contributed by atoms with van der Waals surface area (Å²) >= 11 is 1.41. The molecule has 0 aliphatic rings. The van der Waals surface area contributed by atoms with Gasteiger partial charge in [0.1, 0.15) is 11.0 Å². The van der Waals surface area contributed by atoms with Crippen molar-refractivity contribution in [1.29, 1.82) is 0 Å². The number of fused-ring (bicyclic) bond motifs is 1. The molecule has 1 atom stereocenters. The average Bonchev–Trinajstić information content (AvgIpc) is 2.71. The van der Waals surface area contributed by atoms with Crippen molar-refractivity contribution in [1.82, 2.24) is 4.13 Å². The van der Waals surface area contributed by atoms with E-state index in [1.807, 2.05) is 50.2 Å². The highest BCUT2D eigenvalue weighted by atomic mass is 32.2. The van der Waals surface area contributed by atoms with Gasteiger partial charge in [0.25, 0.3) is 0 Å². The molecule has 1 unspecified atom stereocenters. The van der Waals surface area contributed by atoms with Crippen molar-refractivity contribution < 1.29 is 8.95 Å². The Morgan fingerprint density at radius 1 is 1.00 bits per heavy atom. The molecule has 0 amide bonds. The lowest BCUT2D eigenvalue weighted by Gasteiger charge is -2.09. The van der Waals surface area contributed by atoms with Gasteiger partial charge in [-0.25, -0.2) is 4.21 Å². The van der Waals surface area contributed by atoms with Gasteiger partial charge < -0.3 is 10.5 Å². The SMILES string of the molecule is CC.CCCCCCCCS(=O)NSc1cccc2cccc(N)c12.COC. The van der Waals surface area contributed by atoms with Crippen molar-refractivity contribution in [2.24, 2.45) is 0 Å². The van der Waals surface area contributed by atoms with Gasteiger partial charge in [-0.1, -0.05) is 77.1 Å². The maximum absolute atomic E-state index is 12.1.